The van der Waals surface area contributed by atoms with Crippen molar-refractivity contribution < 1.29 is 13.9 Å². The van der Waals surface area contributed by atoms with Gasteiger partial charge in [-0.2, -0.15) is 0 Å². The molecule has 0 saturated carbocycles. The van der Waals surface area contributed by atoms with Gasteiger partial charge in [0, 0.05) is 11.3 Å². The van der Waals surface area contributed by atoms with Crippen molar-refractivity contribution in [3.05, 3.63) is 77.4 Å². The molecule has 2 N–H and O–H groups in total. The van der Waals surface area contributed by atoms with E-state index in [0.29, 0.717) is 17.7 Å². The predicted molar refractivity (Wildman–Crippen MR) is 153 cm³/mol. The maximum Gasteiger partial charge on any atom is 0.264 e. The Labute approximate surface area is 223 Å². The maximum absolute atomic E-state index is 12.4. The Morgan fingerprint density at radius 1 is 1.05 bits per heavy atom. The van der Waals surface area contributed by atoms with Gasteiger partial charge in [-0.15, -0.1) is 0 Å². The fraction of sp³-hybridized carbons (Fsp3) is 0.300. The SMILES string of the molecule is CC[C@@H](C)c1ccc2oc(-c3ccc(NC(=S)NC(=O)COc4cc(C)ccc4C(C)C)cc3)nc2c1. The molecule has 192 valence electrons. The molecule has 1 atom stereocenters. The van der Waals surface area contributed by atoms with Crippen LogP contribution in [-0.2, 0) is 4.79 Å². The minimum Gasteiger partial charge on any atom is -0.483 e. The minimum absolute atomic E-state index is 0.125. The number of hydrogen-bond donors (Lipinski definition) is 2. The molecule has 6 nitrogen and oxygen atoms in total. The Morgan fingerprint density at radius 3 is 2.51 bits per heavy atom. The number of anilines is 1. The highest BCUT2D eigenvalue weighted by molar-refractivity contribution is 7.80. The van der Waals surface area contributed by atoms with Crippen LogP contribution in [0.25, 0.3) is 22.6 Å². The summed E-state index contributed by atoms with van der Waals surface area (Å²) < 4.78 is 11.8. The Bertz CT molecular complexity index is 1410. The summed E-state index contributed by atoms with van der Waals surface area (Å²) in [7, 11) is 0. The number of benzene rings is 3. The smallest absolute Gasteiger partial charge is 0.264 e. The molecule has 3 aromatic carbocycles. The summed E-state index contributed by atoms with van der Waals surface area (Å²) in [6.07, 6.45) is 1.08. The van der Waals surface area contributed by atoms with E-state index in [-0.39, 0.29) is 17.6 Å². The van der Waals surface area contributed by atoms with Crippen molar-refractivity contribution in [2.24, 2.45) is 0 Å². The van der Waals surface area contributed by atoms with E-state index in [0.717, 1.165) is 45.6 Å². The van der Waals surface area contributed by atoms with Gasteiger partial charge in [0.1, 0.15) is 11.3 Å². The van der Waals surface area contributed by atoms with E-state index in [1.54, 1.807) is 0 Å². The summed E-state index contributed by atoms with van der Waals surface area (Å²) in [5.74, 6) is 1.73. The normalized spacial score (nSPS) is 11.9. The molecule has 4 aromatic rings. The number of carbonyl (C=O) groups is 1. The number of carbonyl (C=O) groups excluding carboxylic acids is 1. The highest BCUT2D eigenvalue weighted by Crippen LogP contribution is 2.29. The molecule has 0 saturated heterocycles. The monoisotopic (exact) mass is 515 g/mol. The molecular formula is C30H33N3O3S. The Balaban J connectivity index is 1.34. The molecule has 0 bridgehead atoms. The van der Waals surface area contributed by atoms with Crippen LogP contribution < -0.4 is 15.4 Å². The van der Waals surface area contributed by atoms with Crippen molar-refractivity contribution in [3.8, 4) is 17.2 Å². The maximum atomic E-state index is 12.4. The van der Waals surface area contributed by atoms with E-state index in [1.165, 1.54) is 5.56 Å². The molecule has 1 heterocycles. The first kappa shape index (κ1) is 26.4. The summed E-state index contributed by atoms with van der Waals surface area (Å²) in [4.78, 5) is 17.1. The zero-order valence-corrected chi connectivity index (χ0v) is 22.7. The van der Waals surface area contributed by atoms with Crippen LogP contribution in [-0.4, -0.2) is 22.6 Å². The zero-order valence-electron chi connectivity index (χ0n) is 21.9. The van der Waals surface area contributed by atoms with Crippen LogP contribution in [0.2, 0.25) is 0 Å². The number of aromatic nitrogens is 1. The number of oxazole rings is 1. The molecule has 0 fully saturated rings. The van der Waals surface area contributed by atoms with Crippen molar-refractivity contribution in [2.75, 3.05) is 11.9 Å². The first-order valence-corrected chi connectivity index (χ1v) is 13.0. The number of nitrogens with zero attached hydrogens (tertiary/aromatic N) is 1. The molecule has 0 aliphatic heterocycles. The quantitative estimate of drug-likeness (QED) is 0.239. The van der Waals surface area contributed by atoms with E-state index in [1.807, 2.05) is 55.5 Å². The molecule has 1 aromatic heterocycles. The molecule has 0 spiro atoms. The van der Waals surface area contributed by atoms with Crippen molar-refractivity contribution in [1.29, 1.82) is 0 Å². The van der Waals surface area contributed by atoms with E-state index in [9.17, 15) is 4.79 Å². The molecule has 4 rings (SSSR count). The van der Waals surface area contributed by atoms with E-state index < -0.39 is 0 Å². The Morgan fingerprint density at radius 2 is 1.81 bits per heavy atom. The number of aryl methyl sites for hydroxylation is 1. The molecule has 0 aliphatic carbocycles. The third-order valence-electron chi connectivity index (χ3n) is 6.39. The highest BCUT2D eigenvalue weighted by Gasteiger charge is 2.13. The zero-order chi connectivity index (χ0) is 26.5. The average Bonchev–Trinajstić information content (AvgIpc) is 3.30. The predicted octanol–water partition coefficient (Wildman–Crippen LogP) is 7.33. The third kappa shape index (κ3) is 6.54. The van der Waals surface area contributed by atoms with Gasteiger partial charge in [-0.25, -0.2) is 4.98 Å². The molecule has 1 amide bonds. The van der Waals surface area contributed by atoms with Gasteiger partial charge in [-0.05, 0) is 96.6 Å². The fourth-order valence-corrected chi connectivity index (χ4v) is 4.25. The van der Waals surface area contributed by atoms with E-state index >= 15 is 0 Å². The van der Waals surface area contributed by atoms with Crippen LogP contribution in [0.4, 0.5) is 5.69 Å². The van der Waals surface area contributed by atoms with Crippen LogP contribution in [0.3, 0.4) is 0 Å². The van der Waals surface area contributed by atoms with Gasteiger partial charge < -0.3 is 14.5 Å². The van der Waals surface area contributed by atoms with Gasteiger partial charge in [0.15, 0.2) is 17.3 Å². The van der Waals surface area contributed by atoms with Gasteiger partial charge in [0.2, 0.25) is 5.89 Å². The summed E-state index contributed by atoms with van der Waals surface area (Å²) in [6.45, 7) is 10.4. The number of thiocarbonyl (C=S) groups is 1. The van der Waals surface area contributed by atoms with E-state index in [4.69, 9.17) is 21.4 Å². The molecule has 0 aliphatic rings. The average molecular weight is 516 g/mol. The number of rotatable bonds is 8. The number of nitrogens with one attached hydrogen (secondary N) is 2. The fourth-order valence-electron chi connectivity index (χ4n) is 4.02. The van der Waals surface area contributed by atoms with Crippen LogP contribution in [0.15, 0.2) is 65.1 Å². The van der Waals surface area contributed by atoms with Crippen LogP contribution in [0, 0.1) is 6.92 Å². The van der Waals surface area contributed by atoms with Crippen LogP contribution in [0.1, 0.15) is 62.6 Å². The summed E-state index contributed by atoms with van der Waals surface area (Å²) in [5, 5.41) is 5.91. The van der Waals surface area contributed by atoms with Crippen molar-refractivity contribution >= 4 is 40.0 Å². The third-order valence-corrected chi connectivity index (χ3v) is 6.59. The molecular weight excluding hydrogens is 482 g/mol. The van der Waals surface area contributed by atoms with Crippen LogP contribution >= 0.6 is 12.2 Å². The largest absolute Gasteiger partial charge is 0.483 e. The summed E-state index contributed by atoms with van der Waals surface area (Å²) in [5.41, 5.74) is 6.62. The first-order chi connectivity index (χ1) is 17.7. The van der Waals surface area contributed by atoms with Crippen molar-refractivity contribution in [1.82, 2.24) is 10.3 Å². The second kappa shape index (κ2) is 11.6. The molecule has 7 heteroatoms. The van der Waals surface area contributed by atoms with Gasteiger partial charge >= 0.3 is 0 Å². The van der Waals surface area contributed by atoms with E-state index in [2.05, 4.69) is 55.4 Å². The number of hydrogen-bond acceptors (Lipinski definition) is 5. The summed E-state index contributed by atoms with van der Waals surface area (Å²) in [6, 6.07) is 19.7. The Kier molecular flexibility index (Phi) is 8.24. The van der Waals surface area contributed by atoms with Gasteiger partial charge in [0.05, 0.1) is 0 Å². The van der Waals surface area contributed by atoms with Gasteiger partial charge in [-0.1, -0.05) is 45.9 Å². The minimum atomic E-state index is -0.325. The number of amides is 1. The van der Waals surface area contributed by atoms with Crippen molar-refractivity contribution in [3.63, 3.8) is 0 Å². The number of fused-ring (bicyclic) bond motifs is 1. The second-order valence-corrected chi connectivity index (χ2v) is 10.0. The molecule has 0 radical (unpaired) electrons. The number of ether oxygens (including phenoxy) is 1. The first-order valence-electron chi connectivity index (χ1n) is 12.6. The van der Waals surface area contributed by atoms with Gasteiger partial charge in [0.25, 0.3) is 5.91 Å². The topological polar surface area (TPSA) is 76.4 Å². The second-order valence-electron chi connectivity index (χ2n) is 9.62. The highest BCUT2D eigenvalue weighted by atomic mass is 32.1. The standard InChI is InChI=1S/C30H33N3O3S/c1-6-20(5)22-10-14-26-25(16-22)32-29(36-26)21-8-11-23(12-9-21)31-30(37)33-28(34)17-35-27-15-19(4)7-13-24(27)18(2)3/h7-16,18,20H,6,17H2,1-5H3,(H2,31,33,34,37)/t20-/m1/s1. The summed E-state index contributed by atoms with van der Waals surface area (Å²) >= 11 is 5.31. The lowest BCUT2D eigenvalue weighted by molar-refractivity contribution is -0.121. The van der Waals surface area contributed by atoms with Crippen LogP contribution in [0.5, 0.6) is 5.75 Å². The lowest BCUT2D eigenvalue weighted by Gasteiger charge is -2.15. The lowest BCUT2D eigenvalue weighted by atomic mass is 9.98. The van der Waals surface area contributed by atoms with Gasteiger partial charge in [-0.3, -0.25) is 10.1 Å². The molecule has 0 unspecified atom stereocenters. The molecule has 37 heavy (non-hydrogen) atoms. The lowest BCUT2D eigenvalue weighted by Crippen LogP contribution is -2.37. The van der Waals surface area contributed by atoms with Crippen molar-refractivity contribution in [2.45, 2.75) is 52.9 Å². The Hall–Kier alpha value is -3.71.